The van der Waals surface area contributed by atoms with Crippen molar-refractivity contribution in [1.82, 2.24) is 4.98 Å². The molecule has 0 atom stereocenters. The van der Waals surface area contributed by atoms with E-state index >= 15 is 0 Å². The first kappa shape index (κ1) is 11.1. The molecular formula is C12H16N2O2. The van der Waals surface area contributed by atoms with Crippen LogP contribution in [-0.4, -0.2) is 23.6 Å². The number of ether oxygens (including phenoxy) is 1. The minimum atomic E-state index is -0.194. The Hall–Kier alpha value is -1.42. The van der Waals surface area contributed by atoms with Crippen LogP contribution in [0.1, 0.15) is 24.8 Å². The first-order valence-corrected chi connectivity index (χ1v) is 5.41. The Balaban J connectivity index is 1.95. The smallest absolute Gasteiger partial charge is 0.227 e. The topological polar surface area (TPSA) is 51.2 Å². The van der Waals surface area contributed by atoms with Gasteiger partial charge in [0.05, 0.1) is 23.9 Å². The van der Waals surface area contributed by atoms with Crippen molar-refractivity contribution in [1.29, 1.82) is 0 Å². The van der Waals surface area contributed by atoms with Crippen molar-refractivity contribution in [2.45, 2.75) is 31.8 Å². The predicted octanol–water partition coefficient (Wildman–Crippen LogP) is 1.90. The minimum Gasteiger partial charge on any atom is -0.378 e. The van der Waals surface area contributed by atoms with E-state index in [1.54, 1.807) is 19.5 Å². The molecule has 1 N–H and O–H groups in total. The minimum absolute atomic E-state index is 0.00421. The molecule has 0 bridgehead atoms. The van der Waals surface area contributed by atoms with E-state index < -0.39 is 0 Å². The Bertz CT molecular complexity index is 400. The molecule has 0 saturated heterocycles. The average molecular weight is 220 g/mol. The van der Waals surface area contributed by atoms with Crippen LogP contribution in [0.15, 0.2) is 18.5 Å². The number of carbonyl (C=O) groups excluding carboxylic acids is 1. The van der Waals surface area contributed by atoms with Crippen LogP contribution in [0.2, 0.25) is 0 Å². The number of nitrogens with one attached hydrogen (secondary N) is 1. The Morgan fingerprint density at radius 1 is 1.62 bits per heavy atom. The second kappa shape index (κ2) is 4.22. The van der Waals surface area contributed by atoms with Gasteiger partial charge in [-0.15, -0.1) is 0 Å². The Morgan fingerprint density at radius 3 is 2.94 bits per heavy atom. The molecule has 16 heavy (non-hydrogen) atoms. The summed E-state index contributed by atoms with van der Waals surface area (Å²) in [6.07, 6.45) is 5.76. The number of hydrogen-bond acceptors (Lipinski definition) is 3. The van der Waals surface area contributed by atoms with Crippen LogP contribution in [-0.2, 0) is 9.53 Å². The van der Waals surface area contributed by atoms with Gasteiger partial charge in [0.15, 0.2) is 0 Å². The van der Waals surface area contributed by atoms with Gasteiger partial charge in [0.1, 0.15) is 0 Å². The average Bonchev–Trinajstić information content (AvgIpc) is 3.02. The molecular weight excluding hydrogens is 204 g/mol. The lowest BCUT2D eigenvalue weighted by Crippen LogP contribution is -2.22. The second-order valence-corrected chi connectivity index (χ2v) is 4.30. The fourth-order valence-corrected chi connectivity index (χ4v) is 1.67. The van der Waals surface area contributed by atoms with Crippen LogP contribution in [0.25, 0.3) is 0 Å². The number of anilines is 1. The van der Waals surface area contributed by atoms with Gasteiger partial charge in [0.25, 0.3) is 0 Å². The van der Waals surface area contributed by atoms with Crippen LogP contribution in [0.5, 0.6) is 0 Å². The molecule has 1 aromatic heterocycles. The maximum Gasteiger partial charge on any atom is 0.227 e. The van der Waals surface area contributed by atoms with Crippen LogP contribution >= 0.6 is 0 Å². The molecule has 1 heterocycles. The monoisotopic (exact) mass is 220 g/mol. The quantitative estimate of drug-likeness (QED) is 0.843. The zero-order valence-corrected chi connectivity index (χ0v) is 9.62. The number of nitrogens with zero attached hydrogens (tertiary/aromatic N) is 1. The maximum absolute atomic E-state index is 11.8. The molecule has 1 aromatic rings. The van der Waals surface area contributed by atoms with E-state index in [0.29, 0.717) is 6.42 Å². The molecule has 4 heteroatoms. The molecule has 1 amide bonds. The van der Waals surface area contributed by atoms with E-state index in [0.717, 1.165) is 24.1 Å². The summed E-state index contributed by atoms with van der Waals surface area (Å²) in [6, 6.07) is 1.87. The first-order chi connectivity index (χ1) is 7.65. The molecule has 0 unspecified atom stereocenters. The normalized spacial score (nSPS) is 16.9. The SMILES string of the molecule is COC1(CC(=O)Nc2cnccc2C)CC1. The number of amides is 1. The molecule has 1 fully saturated rings. The highest BCUT2D eigenvalue weighted by molar-refractivity contribution is 5.92. The van der Waals surface area contributed by atoms with Gasteiger partial charge in [0.2, 0.25) is 5.91 Å². The number of aryl methyl sites for hydroxylation is 1. The largest absolute Gasteiger partial charge is 0.378 e. The molecule has 1 saturated carbocycles. The summed E-state index contributed by atoms with van der Waals surface area (Å²) in [5.74, 6) is -0.00421. The summed E-state index contributed by atoms with van der Waals surface area (Å²) < 4.78 is 5.31. The lowest BCUT2D eigenvalue weighted by atomic mass is 10.2. The first-order valence-electron chi connectivity index (χ1n) is 5.41. The fraction of sp³-hybridized carbons (Fsp3) is 0.500. The summed E-state index contributed by atoms with van der Waals surface area (Å²) >= 11 is 0. The van der Waals surface area contributed by atoms with Crippen LogP contribution in [0.3, 0.4) is 0 Å². The number of carbonyl (C=O) groups is 1. The summed E-state index contributed by atoms with van der Waals surface area (Å²) in [5.41, 5.74) is 1.60. The van der Waals surface area contributed by atoms with Gasteiger partial charge in [-0.1, -0.05) is 0 Å². The summed E-state index contributed by atoms with van der Waals surface area (Å²) in [5, 5.41) is 2.86. The second-order valence-electron chi connectivity index (χ2n) is 4.30. The Labute approximate surface area is 95.0 Å². The maximum atomic E-state index is 11.8. The molecule has 0 radical (unpaired) electrons. The molecule has 0 aliphatic heterocycles. The van der Waals surface area contributed by atoms with Gasteiger partial charge in [-0.05, 0) is 31.4 Å². The number of methoxy groups -OCH3 is 1. The van der Waals surface area contributed by atoms with Crippen LogP contribution in [0, 0.1) is 6.92 Å². The van der Waals surface area contributed by atoms with E-state index in [4.69, 9.17) is 4.74 Å². The van der Waals surface area contributed by atoms with Crippen molar-refractivity contribution in [2.24, 2.45) is 0 Å². The van der Waals surface area contributed by atoms with Crippen molar-refractivity contribution in [3.8, 4) is 0 Å². The fourth-order valence-electron chi connectivity index (χ4n) is 1.67. The lowest BCUT2D eigenvalue weighted by molar-refractivity contribution is -0.119. The third kappa shape index (κ3) is 2.39. The van der Waals surface area contributed by atoms with E-state index in [2.05, 4.69) is 10.3 Å². The van der Waals surface area contributed by atoms with Crippen LogP contribution in [0.4, 0.5) is 5.69 Å². The highest BCUT2D eigenvalue weighted by Gasteiger charge is 2.44. The molecule has 0 spiro atoms. The zero-order valence-electron chi connectivity index (χ0n) is 9.62. The Morgan fingerprint density at radius 2 is 2.38 bits per heavy atom. The highest BCUT2D eigenvalue weighted by Crippen LogP contribution is 2.42. The molecule has 1 aliphatic carbocycles. The standard InChI is InChI=1S/C12H16N2O2/c1-9-3-6-13-8-10(9)14-11(15)7-12(16-2)4-5-12/h3,6,8H,4-5,7H2,1-2H3,(H,14,15). The number of hydrogen-bond donors (Lipinski definition) is 1. The van der Waals surface area contributed by atoms with Gasteiger partial charge in [-0.3, -0.25) is 9.78 Å². The van der Waals surface area contributed by atoms with Crippen LogP contribution < -0.4 is 5.32 Å². The van der Waals surface area contributed by atoms with E-state index in [1.807, 2.05) is 13.0 Å². The van der Waals surface area contributed by atoms with Crippen molar-refractivity contribution >= 4 is 11.6 Å². The van der Waals surface area contributed by atoms with E-state index in [9.17, 15) is 4.79 Å². The van der Waals surface area contributed by atoms with E-state index in [-0.39, 0.29) is 11.5 Å². The van der Waals surface area contributed by atoms with Crippen molar-refractivity contribution < 1.29 is 9.53 Å². The van der Waals surface area contributed by atoms with Gasteiger partial charge >= 0.3 is 0 Å². The highest BCUT2D eigenvalue weighted by atomic mass is 16.5. The van der Waals surface area contributed by atoms with E-state index in [1.165, 1.54) is 0 Å². The number of pyridine rings is 1. The van der Waals surface area contributed by atoms with Gasteiger partial charge in [0, 0.05) is 13.3 Å². The summed E-state index contributed by atoms with van der Waals surface area (Å²) in [7, 11) is 1.66. The molecule has 2 rings (SSSR count). The molecule has 0 aromatic carbocycles. The van der Waals surface area contributed by atoms with Crippen molar-refractivity contribution in [3.05, 3.63) is 24.0 Å². The third-order valence-corrected chi connectivity index (χ3v) is 3.04. The number of aromatic nitrogens is 1. The lowest BCUT2D eigenvalue weighted by Gasteiger charge is -2.13. The molecule has 86 valence electrons. The zero-order chi connectivity index (χ0) is 11.6. The summed E-state index contributed by atoms with van der Waals surface area (Å²) in [4.78, 5) is 15.7. The molecule has 1 aliphatic rings. The van der Waals surface area contributed by atoms with Gasteiger partial charge in [-0.25, -0.2) is 0 Å². The third-order valence-electron chi connectivity index (χ3n) is 3.04. The summed E-state index contributed by atoms with van der Waals surface area (Å²) in [6.45, 7) is 1.94. The van der Waals surface area contributed by atoms with Gasteiger partial charge < -0.3 is 10.1 Å². The number of rotatable bonds is 4. The predicted molar refractivity (Wildman–Crippen MR) is 61.2 cm³/mol. The molecule has 4 nitrogen and oxygen atoms in total. The van der Waals surface area contributed by atoms with Crippen molar-refractivity contribution in [3.63, 3.8) is 0 Å². The van der Waals surface area contributed by atoms with Crippen molar-refractivity contribution in [2.75, 3.05) is 12.4 Å². The Kier molecular flexibility index (Phi) is 2.92. The van der Waals surface area contributed by atoms with Gasteiger partial charge in [-0.2, -0.15) is 0 Å².